The largest absolute Gasteiger partial charge is 0.445 e. The van der Waals surface area contributed by atoms with Gasteiger partial charge in [-0.1, -0.05) is 12.7 Å². The molecule has 2 aliphatic heterocycles. The summed E-state index contributed by atoms with van der Waals surface area (Å²) in [6, 6.07) is 0. The molecule has 2 aliphatic rings. The Morgan fingerprint density at radius 3 is 2.00 bits per heavy atom. The number of hydrogen-bond acceptors (Lipinski definition) is 13. The van der Waals surface area contributed by atoms with Gasteiger partial charge in [0.05, 0.1) is 13.2 Å². The van der Waals surface area contributed by atoms with Crippen molar-refractivity contribution in [2.75, 3.05) is 26.4 Å². The second-order valence-corrected chi connectivity index (χ2v) is 6.48. The van der Waals surface area contributed by atoms with E-state index in [2.05, 4.69) is 17.0 Å². The fraction of sp³-hybridized carbons (Fsp3) is 0.812. The average Bonchev–Trinajstić information content (AvgIpc) is 2.98. The Labute approximate surface area is 171 Å². The van der Waals surface area contributed by atoms with Crippen molar-refractivity contribution in [1.29, 1.82) is 0 Å². The van der Waals surface area contributed by atoms with E-state index in [0.717, 1.165) is 0 Å². The molecule has 1 amide bonds. The van der Waals surface area contributed by atoms with Gasteiger partial charge in [-0.2, -0.15) is 0 Å². The van der Waals surface area contributed by atoms with Gasteiger partial charge in [0.2, 0.25) is 5.79 Å². The summed E-state index contributed by atoms with van der Waals surface area (Å²) >= 11 is 0. The van der Waals surface area contributed by atoms with Gasteiger partial charge in [0.25, 0.3) is 0 Å². The SMILES string of the molecule is C=CCOC(N)=O.OC[C@H]1O[C@@](CO)(O[C@H]2O[C@H](CO)[C@@H](O)[C@H](O)[C@H]2O)[C@@H](O)[C@@H]1O. The lowest BCUT2D eigenvalue weighted by Crippen LogP contribution is -2.62. The lowest BCUT2D eigenvalue weighted by molar-refractivity contribution is -0.383. The van der Waals surface area contributed by atoms with E-state index in [4.69, 9.17) is 24.4 Å². The fourth-order valence-corrected chi connectivity index (χ4v) is 2.77. The number of aliphatic hydroxyl groups excluding tert-OH is 8. The molecule has 0 bridgehead atoms. The summed E-state index contributed by atoms with van der Waals surface area (Å²) in [7, 11) is 0. The Morgan fingerprint density at radius 2 is 1.60 bits per heavy atom. The third-order valence-electron chi connectivity index (χ3n) is 4.41. The van der Waals surface area contributed by atoms with Crippen molar-refractivity contribution in [2.24, 2.45) is 5.73 Å². The van der Waals surface area contributed by atoms with Gasteiger partial charge in [-0.15, -0.1) is 0 Å². The van der Waals surface area contributed by atoms with Crippen LogP contribution in [0.1, 0.15) is 0 Å². The van der Waals surface area contributed by atoms with Crippen LogP contribution in [0.3, 0.4) is 0 Å². The molecule has 0 spiro atoms. The predicted molar refractivity (Wildman–Crippen MR) is 94.4 cm³/mol. The molecule has 30 heavy (non-hydrogen) atoms. The molecule has 0 saturated carbocycles. The number of carbonyl (C=O) groups is 1. The molecular formula is C16H29NO13. The summed E-state index contributed by atoms with van der Waals surface area (Å²) in [6.07, 6.45) is -12.0. The minimum atomic E-state index is -2.22. The molecule has 9 atom stereocenters. The van der Waals surface area contributed by atoms with Crippen molar-refractivity contribution in [3.8, 4) is 0 Å². The highest BCUT2D eigenvalue weighted by Gasteiger charge is 2.58. The first-order valence-electron chi connectivity index (χ1n) is 8.85. The first-order chi connectivity index (χ1) is 14.1. The van der Waals surface area contributed by atoms with Gasteiger partial charge >= 0.3 is 6.09 Å². The molecule has 2 rings (SSSR count). The Kier molecular flexibility index (Phi) is 10.5. The zero-order chi connectivity index (χ0) is 23.1. The minimum absolute atomic E-state index is 0.190. The van der Waals surface area contributed by atoms with Crippen LogP contribution < -0.4 is 5.73 Å². The summed E-state index contributed by atoms with van der Waals surface area (Å²) in [4.78, 5) is 9.71. The van der Waals surface area contributed by atoms with Crippen molar-refractivity contribution in [2.45, 2.75) is 54.8 Å². The summed E-state index contributed by atoms with van der Waals surface area (Å²) < 4.78 is 19.7. The number of nitrogens with two attached hydrogens (primary N) is 1. The second-order valence-electron chi connectivity index (χ2n) is 6.48. The van der Waals surface area contributed by atoms with Crippen molar-refractivity contribution < 1.29 is 64.6 Å². The minimum Gasteiger partial charge on any atom is -0.445 e. The number of carbonyl (C=O) groups excluding carboxylic acids is 1. The van der Waals surface area contributed by atoms with Crippen LogP contribution in [-0.2, 0) is 18.9 Å². The van der Waals surface area contributed by atoms with Crippen LogP contribution in [0.25, 0.3) is 0 Å². The molecule has 14 nitrogen and oxygen atoms in total. The predicted octanol–water partition coefficient (Wildman–Crippen LogP) is -5.13. The average molecular weight is 443 g/mol. The number of primary amides is 1. The topological polar surface area (TPSA) is 242 Å². The first-order valence-corrected chi connectivity index (χ1v) is 8.85. The van der Waals surface area contributed by atoms with Crippen LogP contribution in [0, 0.1) is 0 Å². The van der Waals surface area contributed by atoms with E-state index in [-0.39, 0.29) is 6.61 Å². The van der Waals surface area contributed by atoms with E-state index in [1.165, 1.54) is 6.08 Å². The standard InChI is InChI=1S/C12H22O11.C4H7NO2/c13-1-4-6(16)8(18)9(19)11(21-4)23-12(3-15)10(20)7(17)5(2-14)22-12;1-2-3-7-4(5)6/h4-11,13-20H,1-3H2;2H,1,3H2,(H2,5,6)/t4-,5-,6-,7-,8+,9-,10+,11-,12+;/m1./s1. The molecule has 0 aromatic heterocycles. The maximum absolute atomic E-state index is 10.00. The number of rotatable bonds is 7. The molecular weight excluding hydrogens is 414 g/mol. The molecule has 0 aliphatic carbocycles. The van der Waals surface area contributed by atoms with Crippen LogP contribution in [0.15, 0.2) is 12.7 Å². The Balaban J connectivity index is 0.000000553. The number of aliphatic hydroxyl groups is 8. The third kappa shape index (κ3) is 6.05. The highest BCUT2D eigenvalue weighted by Crippen LogP contribution is 2.35. The zero-order valence-corrected chi connectivity index (χ0v) is 15.9. The van der Waals surface area contributed by atoms with Crippen LogP contribution in [0.4, 0.5) is 4.79 Å². The van der Waals surface area contributed by atoms with Crippen molar-refractivity contribution in [1.82, 2.24) is 0 Å². The summed E-state index contributed by atoms with van der Waals surface area (Å²) in [5.41, 5.74) is 4.57. The molecule has 2 saturated heterocycles. The molecule has 0 radical (unpaired) electrons. The smallest absolute Gasteiger partial charge is 0.404 e. The lowest BCUT2D eigenvalue weighted by atomic mass is 9.99. The van der Waals surface area contributed by atoms with Gasteiger partial charge in [-0.25, -0.2) is 4.79 Å². The van der Waals surface area contributed by atoms with E-state index < -0.39 is 80.7 Å². The van der Waals surface area contributed by atoms with E-state index in [1.807, 2.05) is 0 Å². The molecule has 10 N–H and O–H groups in total. The van der Waals surface area contributed by atoms with Gasteiger partial charge in [-0.3, -0.25) is 0 Å². The monoisotopic (exact) mass is 443 g/mol. The molecule has 2 heterocycles. The Morgan fingerprint density at radius 1 is 1.00 bits per heavy atom. The Bertz CT molecular complexity index is 549. The van der Waals surface area contributed by atoms with Gasteiger partial charge in [0, 0.05) is 0 Å². The maximum atomic E-state index is 10.00. The van der Waals surface area contributed by atoms with Crippen LogP contribution >= 0.6 is 0 Å². The number of hydrogen-bond donors (Lipinski definition) is 9. The van der Waals surface area contributed by atoms with Crippen molar-refractivity contribution in [3.63, 3.8) is 0 Å². The Hall–Kier alpha value is -1.43. The highest BCUT2D eigenvalue weighted by atomic mass is 16.8. The van der Waals surface area contributed by atoms with E-state index >= 15 is 0 Å². The fourth-order valence-electron chi connectivity index (χ4n) is 2.77. The van der Waals surface area contributed by atoms with E-state index in [1.54, 1.807) is 0 Å². The summed E-state index contributed by atoms with van der Waals surface area (Å²) in [5, 5.41) is 76.7. The summed E-state index contributed by atoms with van der Waals surface area (Å²) in [5.74, 6) is -2.22. The number of amides is 1. The zero-order valence-electron chi connectivity index (χ0n) is 15.9. The number of ether oxygens (including phenoxy) is 4. The van der Waals surface area contributed by atoms with Crippen molar-refractivity contribution >= 4 is 6.09 Å². The lowest BCUT2D eigenvalue weighted by Gasteiger charge is -2.43. The van der Waals surface area contributed by atoms with Crippen LogP contribution in [-0.4, -0.2) is 128 Å². The molecule has 2 fully saturated rings. The van der Waals surface area contributed by atoms with Crippen molar-refractivity contribution in [3.05, 3.63) is 12.7 Å². The van der Waals surface area contributed by atoms with Gasteiger partial charge in [0.1, 0.15) is 55.9 Å². The molecule has 0 aromatic carbocycles. The quantitative estimate of drug-likeness (QED) is 0.167. The molecule has 0 aromatic rings. The molecule has 0 unspecified atom stereocenters. The third-order valence-corrected chi connectivity index (χ3v) is 4.41. The normalized spacial score (nSPS) is 40.9. The van der Waals surface area contributed by atoms with Crippen LogP contribution in [0.5, 0.6) is 0 Å². The highest BCUT2D eigenvalue weighted by molar-refractivity contribution is 5.64. The van der Waals surface area contributed by atoms with E-state index in [0.29, 0.717) is 0 Å². The molecule has 176 valence electrons. The molecule has 14 heteroatoms. The van der Waals surface area contributed by atoms with Gasteiger partial charge < -0.3 is 65.5 Å². The van der Waals surface area contributed by atoms with Gasteiger partial charge in [-0.05, 0) is 0 Å². The first kappa shape index (κ1) is 26.6. The van der Waals surface area contributed by atoms with E-state index in [9.17, 15) is 35.4 Å². The maximum Gasteiger partial charge on any atom is 0.404 e. The van der Waals surface area contributed by atoms with Crippen LogP contribution in [0.2, 0.25) is 0 Å². The summed E-state index contributed by atoms with van der Waals surface area (Å²) in [6.45, 7) is 1.17. The van der Waals surface area contributed by atoms with Gasteiger partial charge in [0.15, 0.2) is 6.29 Å². The second kappa shape index (κ2) is 11.8.